The molecule has 1 atom stereocenters. The molecule has 1 unspecified atom stereocenters. The summed E-state index contributed by atoms with van der Waals surface area (Å²) in [4.78, 5) is 0. The molecule has 14 heavy (non-hydrogen) atoms. The van der Waals surface area contributed by atoms with Crippen LogP contribution in [-0.2, 0) is 6.54 Å². The molecule has 0 amide bonds. The number of nitrogens with zero attached hydrogens (tertiary/aromatic N) is 1. The summed E-state index contributed by atoms with van der Waals surface area (Å²) in [6, 6.07) is 4.11. The van der Waals surface area contributed by atoms with Crippen LogP contribution in [0.1, 0.15) is 32.9 Å². The lowest BCUT2D eigenvalue weighted by Crippen LogP contribution is -2.02. The molecule has 78 valence electrons. The van der Waals surface area contributed by atoms with Crippen molar-refractivity contribution in [3.05, 3.63) is 29.6 Å². The SMILES string of the molecule is CCCn1cccc1/C=C(/C)C(C)O. The molecular weight excluding hydrogens is 174 g/mol. The maximum atomic E-state index is 9.36. The van der Waals surface area contributed by atoms with Crippen molar-refractivity contribution in [2.45, 2.75) is 39.8 Å². The number of hydrogen-bond donors (Lipinski definition) is 1. The molecule has 0 saturated carbocycles. The van der Waals surface area contributed by atoms with Crippen LogP contribution in [0.3, 0.4) is 0 Å². The Morgan fingerprint density at radius 2 is 2.36 bits per heavy atom. The molecule has 0 aliphatic carbocycles. The van der Waals surface area contributed by atoms with Crippen LogP contribution in [0.15, 0.2) is 23.9 Å². The second kappa shape index (κ2) is 5.01. The minimum absolute atomic E-state index is 0.361. The highest BCUT2D eigenvalue weighted by atomic mass is 16.3. The summed E-state index contributed by atoms with van der Waals surface area (Å²) >= 11 is 0. The van der Waals surface area contributed by atoms with E-state index in [0.717, 1.165) is 18.5 Å². The van der Waals surface area contributed by atoms with Gasteiger partial charge in [0.15, 0.2) is 0 Å². The smallest absolute Gasteiger partial charge is 0.0723 e. The van der Waals surface area contributed by atoms with E-state index in [1.54, 1.807) is 6.92 Å². The fraction of sp³-hybridized carbons (Fsp3) is 0.500. The van der Waals surface area contributed by atoms with Gasteiger partial charge < -0.3 is 9.67 Å². The fourth-order valence-corrected chi connectivity index (χ4v) is 1.36. The third-order valence-electron chi connectivity index (χ3n) is 2.36. The Labute approximate surface area is 85.9 Å². The van der Waals surface area contributed by atoms with Gasteiger partial charge >= 0.3 is 0 Å². The monoisotopic (exact) mass is 193 g/mol. The quantitative estimate of drug-likeness (QED) is 0.781. The van der Waals surface area contributed by atoms with Crippen LogP contribution in [0.4, 0.5) is 0 Å². The molecule has 0 aliphatic rings. The van der Waals surface area contributed by atoms with Crippen LogP contribution < -0.4 is 0 Å². The van der Waals surface area contributed by atoms with Crippen molar-refractivity contribution in [2.75, 3.05) is 0 Å². The molecule has 0 bridgehead atoms. The molecule has 1 aromatic heterocycles. The average Bonchev–Trinajstić information content (AvgIpc) is 2.53. The highest BCUT2D eigenvalue weighted by Gasteiger charge is 2.01. The van der Waals surface area contributed by atoms with Crippen LogP contribution in [-0.4, -0.2) is 15.8 Å². The van der Waals surface area contributed by atoms with Crippen LogP contribution in [0.25, 0.3) is 6.08 Å². The molecule has 0 radical (unpaired) electrons. The van der Waals surface area contributed by atoms with Crippen LogP contribution in [0, 0.1) is 0 Å². The minimum atomic E-state index is -0.361. The van der Waals surface area contributed by atoms with E-state index in [4.69, 9.17) is 0 Å². The molecule has 0 aromatic carbocycles. The van der Waals surface area contributed by atoms with Crippen molar-refractivity contribution >= 4 is 6.08 Å². The molecule has 0 fully saturated rings. The maximum absolute atomic E-state index is 9.36. The van der Waals surface area contributed by atoms with E-state index >= 15 is 0 Å². The van der Waals surface area contributed by atoms with E-state index in [9.17, 15) is 5.11 Å². The number of aryl methyl sites for hydroxylation is 1. The second-order valence-electron chi connectivity index (χ2n) is 3.69. The van der Waals surface area contributed by atoms with Gasteiger partial charge in [0.05, 0.1) is 6.10 Å². The summed E-state index contributed by atoms with van der Waals surface area (Å²) in [5, 5.41) is 9.36. The first-order valence-electron chi connectivity index (χ1n) is 5.16. The molecule has 1 aromatic rings. The zero-order valence-electron chi connectivity index (χ0n) is 9.20. The topological polar surface area (TPSA) is 25.2 Å². The lowest BCUT2D eigenvalue weighted by molar-refractivity contribution is 0.232. The normalized spacial score (nSPS) is 14.4. The standard InChI is InChI=1S/C12H19NO/c1-4-7-13-8-5-6-12(13)9-10(2)11(3)14/h5-6,8-9,11,14H,4,7H2,1-3H3/b10-9-. The molecule has 2 nitrogen and oxygen atoms in total. The predicted molar refractivity (Wildman–Crippen MR) is 60.1 cm³/mol. The molecule has 1 rings (SSSR count). The summed E-state index contributed by atoms with van der Waals surface area (Å²) in [6.07, 6.45) is 4.88. The number of aromatic nitrogens is 1. The van der Waals surface area contributed by atoms with Gasteiger partial charge in [-0.3, -0.25) is 0 Å². The van der Waals surface area contributed by atoms with E-state index in [1.807, 2.05) is 19.1 Å². The first-order valence-corrected chi connectivity index (χ1v) is 5.16. The van der Waals surface area contributed by atoms with Gasteiger partial charge in [0.2, 0.25) is 0 Å². The molecule has 0 spiro atoms. The van der Waals surface area contributed by atoms with E-state index in [0.29, 0.717) is 0 Å². The lowest BCUT2D eigenvalue weighted by atomic mass is 10.1. The first kappa shape index (κ1) is 11.1. The van der Waals surface area contributed by atoms with Gasteiger partial charge in [-0.2, -0.15) is 0 Å². The average molecular weight is 193 g/mol. The zero-order chi connectivity index (χ0) is 10.6. The summed E-state index contributed by atoms with van der Waals surface area (Å²) in [6.45, 7) is 6.94. The largest absolute Gasteiger partial charge is 0.389 e. The summed E-state index contributed by atoms with van der Waals surface area (Å²) < 4.78 is 2.20. The highest BCUT2D eigenvalue weighted by molar-refractivity contribution is 5.50. The van der Waals surface area contributed by atoms with Crippen molar-refractivity contribution in [3.63, 3.8) is 0 Å². The second-order valence-corrected chi connectivity index (χ2v) is 3.69. The molecule has 1 heterocycles. The Hall–Kier alpha value is -1.02. The molecular formula is C12H19NO. The van der Waals surface area contributed by atoms with Crippen LogP contribution in [0.2, 0.25) is 0 Å². The number of hydrogen-bond acceptors (Lipinski definition) is 1. The van der Waals surface area contributed by atoms with Crippen LogP contribution >= 0.6 is 0 Å². The van der Waals surface area contributed by atoms with Crippen LogP contribution in [0.5, 0.6) is 0 Å². The van der Waals surface area contributed by atoms with Gasteiger partial charge in [0, 0.05) is 18.4 Å². The molecule has 1 N–H and O–H groups in total. The Morgan fingerprint density at radius 3 is 2.93 bits per heavy atom. The molecule has 0 saturated heterocycles. The number of rotatable bonds is 4. The maximum Gasteiger partial charge on any atom is 0.0723 e. The number of aliphatic hydroxyl groups excluding tert-OH is 1. The Balaban J connectivity index is 2.85. The van der Waals surface area contributed by atoms with E-state index < -0.39 is 0 Å². The van der Waals surface area contributed by atoms with Gasteiger partial charge in [0.25, 0.3) is 0 Å². The fourth-order valence-electron chi connectivity index (χ4n) is 1.36. The van der Waals surface area contributed by atoms with E-state index in [-0.39, 0.29) is 6.10 Å². The minimum Gasteiger partial charge on any atom is -0.389 e. The van der Waals surface area contributed by atoms with Gasteiger partial charge in [-0.25, -0.2) is 0 Å². The van der Waals surface area contributed by atoms with Gasteiger partial charge in [-0.15, -0.1) is 0 Å². The third-order valence-corrected chi connectivity index (χ3v) is 2.36. The summed E-state index contributed by atoms with van der Waals surface area (Å²) in [7, 11) is 0. The van der Waals surface area contributed by atoms with Gasteiger partial charge in [-0.1, -0.05) is 6.92 Å². The first-order chi connectivity index (χ1) is 6.65. The summed E-state index contributed by atoms with van der Waals surface area (Å²) in [5.41, 5.74) is 2.17. The van der Waals surface area contributed by atoms with Crippen molar-refractivity contribution in [1.29, 1.82) is 0 Å². The third kappa shape index (κ3) is 2.74. The van der Waals surface area contributed by atoms with Gasteiger partial charge in [-0.05, 0) is 44.1 Å². The van der Waals surface area contributed by atoms with Crippen molar-refractivity contribution in [3.8, 4) is 0 Å². The van der Waals surface area contributed by atoms with Crippen molar-refractivity contribution in [1.82, 2.24) is 4.57 Å². The Bertz CT molecular complexity index is 310. The van der Waals surface area contributed by atoms with Crippen molar-refractivity contribution < 1.29 is 5.11 Å². The summed E-state index contributed by atoms with van der Waals surface area (Å²) in [5.74, 6) is 0. The highest BCUT2D eigenvalue weighted by Crippen LogP contribution is 2.11. The predicted octanol–water partition coefficient (Wildman–Crippen LogP) is 2.68. The number of aliphatic hydroxyl groups is 1. The Morgan fingerprint density at radius 1 is 1.64 bits per heavy atom. The molecule has 2 heteroatoms. The zero-order valence-corrected chi connectivity index (χ0v) is 9.20. The van der Waals surface area contributed by atoms with Gasteiger partial charge in [0.1, 0.15) is 0 Å². The molecule has 0 aliphatic heterocycles. The van der Waals surface area contributed by atoms with Crippen molar-refractivity contribution in [2.24, 2.45) is 0 Å². The van der Waals surface area contributed by atoms with E-state index in [2.05, 4.69) is 23.8 Å². The van der Waals surface area contributed by atoms with E-state index in [1.165, 1.54) is 5.69 Å². The Kier molecular flexibility index (Phi) is 3.96. The lowest BCUT2D eigenvalue weighted by Gasteiger charge is -2.07.